The van der Waals surface area contributed by atoms with Gasteiger partial charge in [0.05, 0.1) is 6.61 Å². The quantitative estimate of drug-likeness (QED) is 0.361. The molecule has 124 valence electrons. The van der Waals surface area contributed by atoms with E-state index in [-0.39, 0.29) is 0 Å². The fourth-order valence-corrected chi connectivity index (χ4v) is 2.52. The summed E-state index contributed by atoms with van der Waals surface area (Å²) in [6, 6.07) is 7.51. The van der Waals surface area contributed by atoms with Crippen molar-refractivity contribution in [1.82, 2.24) is 0 Å². The van der Waals surface area contributed by atoms with Crippen molar-refractivity contribution in [1.29, 1.82) is 0 Å². The fraction of sp³-hybridized carbons (Fsp3) is 0.632. The van der Waals surface area contributed by atoms with Crippen LogP contribution >= 0.6 is 0 Å². The van der Waals surface area contributed by atoms with Gasteiger partial charge in [0.25, 0.3) is 0 Å². The van der Waals surface area contributed by atoms with Gasteiger partial charge in [-0.15, -0.1) is 0 Å². The topological polar surface area (TPSA) is 38.3 Å². The van der Waals surface area contributed by atoms with Gasteiger partial charge in [0.2, 0.25) is 6.41 Å². The molecule has 0 aromatic heterocycles. The van der Waals surface area contributed by atoms with E-state index >= 15 is 0 Å². The molecule has 0 aliphatic rings. The Balaban J connectivity index is 1.95. The van der Waals surface area contributed by atoms with Gasteiger partial charge in [-0.1, -0.05) is 70.8 Å². The van der Waals surface area contributed by atoms with Gasteiger partial charge in [0.15, 0.2) is 0 Å². The lowest BCUT2D eigenvalue weighted by molar-refractivity contribution is -0.105. The first-order valence-corrected chi connectivity index (χ1v) is 8.80. The molecule has 1 aromatic rings. The Bertz CT molecular complexity index is 393. The van der Waals surface area contributed by atoms with E-state index in [0.29, 0.717) is 6.41 Å². The minimum atomic E-state index is 0.682. The van der Waals surface area contributed by atoms with Crippen molar-refractivity contribution in [3.8, 4) is 5.75 Å². The van der Waals surface area contributed by atoms with Gasteiger partial charge in [-0.2, -0.15) is 0 Å². The van der Waals surface area contributed by atoms with Crippen LogP contribution in [0.4, 0.5) is 5.69 Å². The van der Waals surface area contributed by atoms with Crippen LogP contribution in [0, 0.1) is 0 Å². The predicted molar refractivity (Wildman–Crippen MR) is 93.5 cm³/mol. The first-order valence-electron chi connectivity index (χ1n) is 8.80. The van der Waals surface area contributed by atoms with Crippen molar-refractivity contribution >= 4 is 12.1 Å². The molecule has 0 heterocycles. The zero-order chi connectivity index (χ0) is 15.9. The first-order chi connectivity index (χ1) is 10.9. The number of hydrogen-bond donors (Lipinski definition) is 1. The number of hydrogen-bond acceptors (Lipinski definition) is 2. The third kappa shape index (κ3) is 9.43. The van der Waals surface area contributed by atoms with E-state index in [9.17, 15) is 4.79 Å². The van der Waals surface area contributed by atoms with Crippen LogP contribution in [-0.2, 0) is 4.79 Å². The molecule has 0 spiro atoms. The number of anilines is 1. The maximum atomic E-state index is 10.4. The first kappa shape index (κ1) is 18.5. The van der Waals surface area contributed by atoms with E-state index in [4.69, 9.17) is 4.74 Å². The molecule has 1 rings (SSSR count). The molecule has 1 N–H and O–H groups in total. The maximum absolute atomic E-state index is 10.4. The van der Waals surface area contributed by atoms with Crippen LogP contribution in [0.2, 0.25) is 0 Å². The highest BCUT2D eigenvalue weighted by Crippen LogP contribution is 2.17. The SMILES string of the molecule is CCCCCCCCCCCCOc1cccc(NC=O)c1. The average molecular weight is 305 g/mol. The van der Waals surface area contributed by atoms with Gasteiger partial charge >= 0.3 is 0 Å². The minimum Gasteiger partial charge on any atom is -0.494 e. The van der Waals surface area contributed by atoms with Gasteiger partial charge in [0, 0.05) is 11.8 Å². The van der Waals surface area contributed by atoms with Crippen molar-refractivity contribution in [2.24, 2.45) is 0 Å². The van der Waals surface area contributed by atoms with E-state index in [2.05, 4.69) is 12.2 Å². The number of carbonyl (C=O) groups excluding carboxylic acids is 1. The number of amides is 1. The molecule has 0 unspecified atom stereocenters. The summed E-state index contributed by atoms with van der Waals surface area (Å²) in [4.78, 5) is 10.4. The van der Waals surface area contributed by atoms with Crippen LogP contribution in [0.5, 0.6) is 5.75 Å². The molecule has 0 saturated heterocycles. The largest absolute Gasteiger partial charge is 0.494 e. The summed E-state index contributed by atoms with van der Waals surface area (Å²) in [7, 11) is 0. The van der Waals surface area contributed by atoms with E-state index < -0.39 is 0 Å². The molecule has 0 aliphatic heterocycles. The number of unbranched alkanes of at least 4 members (excludes halogenated alkanes) is 9. The normalized spacial score (nSPS) is 10.4. The second kappa shape index (κ2) is 13.2. The Morgan fingerprint density at radius 2 is 1.59 bits per heavy atom. The Kier molecular flexibility index (Phi) is 11.1. The third-order valence-electron chi connectivity index (χ3n) is 3.83. The van der Waals surface area contributed by atoms with Crippen LogP contribution in [0.15, 0.2) is 24.3 Å². The zero-order valence-electron chi connectivity index (χ0n) is 14.0. The molecule has 0 aliphatic carbocycles. The molecule has 0 fully saturated rings. The lowest BCUT2D eigenvalue weighted by Crippen LogP contribution is -1.99. The third-order valence-corrected chi connectivity index (χ3v) is 3.83. The fourth-order valence-electron chi connectivity index (χ4n) is 2.52. The smallest absolute Gasteiger partial charge is 0.211 e. The van der Waals surface area contributed by atoms with Gasteiger partial charge in [-0.25, -0.2) is 0 Å². The van der Waals surface area contributed by atoms with Gasteiger partial charge < -0.3 is 10.1 Å². The highest BCUT2D eigenvalue weighted by molar-refractivity contribution is 5.71. The van der Waals surface area contributed by atoms with Gasteiger partial charge in [-0.3, -0.25) is 4.79 Å². The van der Waals surface area contributed by atoms with Crippen LogP contribution in [0.3, 0.4) is 0 Å². The van der Waals surface area contributed by atoms with E-state index in [1.807, 2.05) is 24.3 Å². The Labute approximate surface area is 135 Å². The minimum absolute atomic E-state index is 0.682. The summed E-state index contributed by atoms with van der Waals surface area (Å²) in [5, 5.41) is 2.63. The molecule has 1 amide bonds. The Hall–Kier alpha value is -1.51. The Morgan fingerprint density at radius 3 is 2.23 bits per heavy atom. The molecule has 0 saturated carbocycles. The second-order valence-corrected chi connectivity index (χ2v) is 5.82. The summed E-state index contributed by atoms with van der Waals surface area (Å²) >= 11 is 0. The molecule has 1 aromatic carbocycles. The number of ether oxygens (including phenoxy) is 1. The predicted octanol–water partition coefficient (Wildman–Crippen LogP) is 5.55. The Morgan fingerprint density at radius 1 is 0.955 bits per heavy atom. The number of carbonyl (C=O) groups is 1. The van der Waals surface area contributed by atoms with Crippen molar-refractivity contribution in [3.63, 3.8) is 0 Å². The molecular weight excluding hydrogens is 274 g/mol. The maximum Gasteiger partial charge on any atom is 0.211 e. The second-order valence-electron chi connectivity index (χ2n) is 5.82. The summed E-state index contributed by atoms with van der Waals surface area (Å²) in [5.41, 5.74) is 0.774. The number of benzene rings is 1. The molecule has 3 nitrogen and oxygen atoms in total. The standard InChI is InChI=1S/C19H31NO2/c1-2-3-4-5-6-7-8-9-10-11-15-22-19-14-12-13-18(16-19)20-17-21/h12-14,16-17H,2-11,15H2,1H3,(H,20,21). The highest BCUT2D eigenvalue weighted by atomic mass is 16.5. The summed E-state index contributed by atoms with van der Waals surface area (Å²) < 4.78 is 5.71. The summed E-state index contributed by atoms with van der Waals surface area (Å²) in [6.07, 6.45) is 14.0. The molecule has 0 radical (unpaired) electrons. The van der Waals surface area contributed by atoms with Gasteiger partial charge in [-0.05, 0) is 18.6 Å². The highest BCUT2D eigenvalue weighted by Gasteiger charge is 1.97. The van der Waals surface area contributed by atoms with Crippen LogP contribution in [0.25, 0.3) is 0 Å². The zero-order valence-corrected chi connectivity index (χ0v) is 14.0. The summed E-state index contributed by atoms with van der Waals surface area (Å²) in [6.45, 7) is 3.01. The molecule has 0 bridgehead atoms. The number of nitrogens with one attached hydrogen (secondary N) is 1. The van der Waals surface area contributed by atoms with Crippen molar-refractivity contribution < 1.29 is 9.53 Å². The monoisotopic (exact) mass is 305 g/mol. The van der Waals surface area contributed by atoms with Crippen molar-refractivity contribution in [2.45, 2.75) is 71.1 Å². The molecular formula is C19H31NO2. The van der Waals surface area contributed by atoms with Crippen LogP contribution in [-0.4, -0.2) is 13.0 Å². The molecule has 22 heavy (non-hydrogen) atoms. The van der Waals surface area contributed by atoms with E-state index in [1.165, 1.54) is 57.8 Å². The molecule has 3 heteroatoms. The summed E-state index contributed by atoms with van der Waals surface area (Å²) in [5.74, 6) is 0.822. The van der Waals surface area contributed by atoms with Crippen LogP contribution < -0.4 is 10.1 Å². The van der Waals surface area contributed by atoms with Crippen LogP contribution in [0.1, 0.15) is 71.1 Å². The van der Waals surface area contributed by atoms with E-state index in [0.717, 1.165) is 24.5 Å². The van der Waals surface area contributed by atoms with Gasteiger partial charge in [0.1, 0.15) is 5.75 Å². The van der Waals surface area contributed by atoms with Crippen molar-refractivity contribution in [3.05, 3.63) is 24.3 Å². The number of rotatable bonds is 14. The molecule has 0 atom stereocenters. The van der Waals surface area contributed by atoms with E-state index in [1.54, 1.807) is 0 Å². The average Bonchev–Trinajstić information content (AvgIpc) is 2.53. The lowest BCUT2D eigenvalue weighted by Gasteiger charge is -2.07. The van der Waals surface area contributed by atoms with Crippen molar-refractivity contribution in [2.75, 3.05) is 11.9 Å². The lowest BCUT2D eigenvalue weighted by atomic mass is 10.1.